The van der Waals surface area contributed by atoms with Crippen molar-refractivity contribution in [2.24, 2.45) is 0 Å². The number of hydrogen-bond donors (Lipinski definition) is 0. The second kappa shape index (κ2) is 13.6. The Morgan fingerprint density at radius 3 is 1.33 bits per heavy atom. The van der Waals surface area contributed by atoms with Gasteiger partial charge in [0, 0.05) is 81.1 Å². The van der Waals surface area contributed by atoms with Crippen molar-refractivity contribution >= 4 is 96.9 Å². The lowest BCUT2D eigenvalue weighted by atomic mass is 10.1. The van der Waals surface area contributed by atoms with E-state index in [-0.39, 0.29) is 0 Å². The first kappa shape index (κ1) is 35.3. The summed E-state index contributed by atoms with van der Waals surface area (Å²) < 4.78 is 9.69. The first-order valence-corrected chi connectivity index (χ1v) is 22.5. The normalized spacial score (nSPS) is 12.1. The van der Waals surface area contributed by atoms with E-state index in [9.17, 15) is 0 Å². The number of hydrogen-bond acceptors (Lipinski definition) is 3. The largest absolute Gasteiger partial charge is 0.309 e. The van der Waals surface area contributed by atoms with Crippen molar-refractivity contribution in [2.45, 2.75) is 0 Å². The van der Waals surface area contributed by atoms with Crippen LogP contribution >= 0.6 is 11.3 Å². The van der Waals surface area contributed by atoms with Crippen molar-refractivity contribution in [1.29, 1.82) is 0 Å². The van der Waals surface area contributed by atoms with Gasteiger partial charge in [-0.1, -0.05) is 121 Å². The summed E-state index contributed by atoms with van der Waals surface area (Å²) in [6, 6.07) is 76.7. The van der Waals surface area contributed by atoms with E-state index in [4.69, 9.17) is 9.97 Å². The predicted octanol–water partition coefficient (Wildman–Crippen LogP) is 15.5. The molecule has 0 aliphatic heterocycles. The fraction of sp³-hybridized carbons (Fsp3) is 0. The molecule has 64 heavy (non-hydrogen) atoms. The summed E-state index contributed by atoms with van der Waals surface area (Å²) >= 11 is 1.82. The highest BCUT2D eigenvalue weighted by atomic mass is 32.1. The minimum atomic E-state index is 0.687. The highest BCUT2D eigenvalue weighted by Gasteiger charge is 2.21. The van der Waals surface area contributed by atoms with Gasteiger partial charge < -0.3 is 9.13 Å². The lowest BCUT2D eigenvalue weighted by Crippen LogP contribution is -2.03. The molecular weight excluding hydrogens is 799 g/mol. The van der Waals surface area contributed by atoms with E-state index in [0.29, 0.717) is 5.82 Å². The van der Waals surface area contributed by atoms with Gasteiger partial charge in [0.15, 0.2) is 5.82 Å². The van der Waals surface area contributed by atoms with Gasteiger partial charge in [-0.3, -0.25) is 4.57 Å². The maximum absolute atomic E-state index is 5.50. The van der Waals surface area contributed by atoms with Crippen molar-refractivity contribution in [3.05, 3.63) is 212 Å². The highest BCUT2D eigenvalue weighted by molar-refractivity contribution is 7.25. The molecule has 0 aliphatic rings. The molecule has 0 atom stereocenters. The molecule has 5 aromatic heterocycles. The van der Waals surface area contributed by atoms with E-state index in [1.54, 1.807) is 0 Å². The van der Waals surface area contributed by atoms with Crippen LogP contribution in [0.5, 0.6) is 0 Å². The molecule has 14 rings (SSSR count). The molecular formula is C58H35N5S. The fourth-order valence-electron chi connectivity index (χ4n) is 10.2. The fourth-order valence-corrected chi connectivity index (χ4v) is 11.3. The number of rotatable bonds is 5. The van der Waals surface area contributed by atoms with Crippen molar-refractivity contribution in [1.82, 2.24) is 23.7 Å². The quantitative estimate of drug-likeness (QED) is 0.173. The van der Waals surface area contributed by atoms with Gasteiger partial charge in [0.05, 0.1) is 38.8 Å². The van der Waals surface area contributed by atoms with Gasteiger partial charge in [0.25, 0.3) is 0 Å². The first-order chi connectivity index (χ1) is 31.7. The monoisotopic (exact) mass is 833 g/mol. The summed E-state index contributed by atoms with van der Waals surface area (Å²) in [4.78, 5) is 10.8. The minimum absolute atomic E-state index is 0.687. The Labute approximate surface area is 371 Å². The second-order valence-electron chi connectivity index (χ2n) is 16.6. The number of para-hydroxylation sites is 4. The smallest absolute Gasteiger partial charge is 0.162 e. The van der Waals surface area contributed by atoms with Gasteiger partial charge in [-0.2, -0.15) is 0 Å². The van der Waals surface area contributed by atoms with Gasteiger partial charge in [-0.25, -0.2) is 9.97 Å². The molecule has 0 aliphatic carbocycles. The van der Waals surface area contributed by atoms with Crippen LogP contribution in [0.15, 0.2) is 212 Å². The second-order valence-corrected chi connectivity index (χ2v) is 17.7. The van der Waals surface area contributed by atoms with Gasteiger partial charge >= 0.3 is 0 Å². The van der Waals surface area contributed by atoms with E-state index in [0.717, 1.165) is 55.8 Å². The Balaban J connectivity index is 1.06. The minimum Gasteiger partial charge on any atom is -0.309 e. The summed E-state index contributed by atoms with van der Waals surface area (Å²) in [5.74, 6) is 1.50. The van der Waals surface area contributed by atoms with Crippen molar-refractivity contribution in [2.75, 3.05) is 0 Å². The first-order valence-electron chi connectivity index (χ1n) is 21.7. The summed E-state index contributed by atoms with van der Waals surface area (Å²) in [5, 5.41) is 9.73. The molecule has 0 bridgehead atoms. The van der Waals surface area contributed by atoms with Crippen LogP contribution in [0.25, 0.3) is 125 Å². The van der Waals surface area contributed by atoms with Gasteiger partial charge in [-0.15, -0.1) is 11.3 Å². The third kappa shape index (κ3) is 5.17. The van der Waals surface area contributed by atoms with Crippen LogP contribution in [0.4, 0.5) is 0 Å². The summed E-state index contributed by atoms with van der Waals surface area (Å²) in [6.07, 6.45) is 0. The lowest BCUT2D eigenvalue weighted by molar-refractivity contribution is 1.05. The molecule has 0 saturated heterocycles. The standard InChI is InChI=1S/C58H35N5S/c1-2-14-36(15-3-1)48-35-57(60-58(59-48)37-26-31-56-47(32-37)44-20-8-13-25-55(44)64-56)63-53-29-27-38(61-49-21-9-4-16-40(49)41-17-5-10-22-50(41)61)33-45(53)46-34-39(28-30-54(46)63)62-51-23-11-6-18-42(51)43-19-7-12-24-52(43)62/h1-35H. The maximum Gasteiger partial charge on any atom is 0.162 e. The highest BCUT2D eigenvalue weighted by Crippen LogP contribution is 2.41. The molecule has 6 heteroatoms. The Bertz CT molecular complexity index is 3930. The molecule has 298 valence electrons. The molecule has 0 amide bonds. The van der Waals surface area contributed by atoms with E-state index in [2.05, 4.69) is 226 Å². The van der Waals surface area contributed by atoms with Crippen LogP contribution < -0.4 is 0 Å². The van der Waals surface area contributed by atoms with Crippen LogP contribution in [-0.4, -0.2) is 23.7 Å². The van der Waals surface area contributed by atoms with Gasteiger partial charge in [0.1, 0.15) is 5.82 Å². The molecule has 0 fully saturated rings. The zero-order chi connectivity index (χ0) is 41.9. The number of benzene rings is 9. The number of fused-ring (bicyclic) bond motifs is 12. The summed E-state index contributed by atoms with van der Waals surface area (Å²) in [6.45, 7) is 0. The molecule has 9 aromatic carbocycles. The topological polar surface area (TPSA) is 40.6 Å². The molecule has 5 nitrogen and oxygen atoms in total. The van der Waals surface area contributed by atoms with Crippen LogP contribution in [0.3, 0.4) is 0 Å². The SMILES string of the molecule is c1ccc(-c2cc(-n3c4ccc(-n5c6ccccc6c6ccccc65)cc4c4cc(-n5c6ccccc6c6ccccc65)ccc43)nc(-c3ccc4sc5ccccc5c4c3)n2)cc1. The van der Waals surface area contributed by atoms with Crippen LogP contribution in [0.1, 0.15) is 0 Å². The summed E-state index contributed by atoms with van der Waals surface area (Å²) in [7, 11) is 0. The van der Waals surface area contributed by atoms with Crippen molar-refractivity contribution < 1.29 is 0 Å². The summed E-state index contributed by atoms with van der Waals surface area (Å²) in [5.41, 5.74) is 12.0. The van der Waals surface area contributed by atoms with Crippen LogP contribution in [-0.2, 0) is 0 Å². The van der Waals surface area contributed by atoms with E-state index in [1.807, 2.05) is 11.3 Å². The van der Waals surface area contributed by atoms with E-state index >= 15 is 0 Å². The predicted molar refractivity (Wildman–Crippen MR) is 269 cm³/mol. The van der Waals surface area contributed by atoms with Crippen molar-refractivity contribution in [3.63, 3.8) is 0 Å². The molecule has 0 spiro atoms. The number of thiophene rings is 1. The number of aromatic nitrogens is 5. The molecule has 0 saturated carbocycles. The van der Waals surface area contributed by atoms with Crippen LogP contribution in [0.2, 0.25) is 0 Å². The molecule has 14 aromatic rings. The molecule has 5 heterocycles. The average molecular weight is 834 g/mol. The molecule has 0 N–H and O–H groups in total. The zero-order valence-electron chi connectivity index (χ0n) is 34.4. The third-order valence-electron chi connectivity index (χ3n) is 13.1. The Morgan fingerprint density at radius 1 is 0.297 bits per heavy atom. The average Bonchev–Trinajstić information content (AvgIpc) is 4.10. The van der Waals surface area contributed by atoms with E-state index in [1.165, 1.54) is 63.8 Å². The Morgan fingerprint density at radius 2 is 0.766 bits per heavy atom. The Kier molecular flexibility index (Phi) is 7.49. The molecule has 0 unspecified atom stereocenters. The van der Waals surface area contributed by atoms with E-state index < -0.39 is 0 Å². The molecule has 0 radical (unpaired) electrons. The number of nitrogens with zero attached hydrogens (tertiary/aromatic N) is 5. The van der Waals surface area contributed by atoms with Gasteiger partial charge in [0.2, 0.25) is 0 Å². The lowest BCUT2D eigenvalue weighted by Gasteiger charge is -2.13. The van der Waals surface area contributed by atoms with Crippen LogP contribution in [0, 0.1) is 0 Å². The van der Waals surface area contributed by atoms with Gasteiger partial charge in [-0.05, 0) is 84.9 Å². The maximum atomic E-state index is 5.50. The van der Waals surface area contributed by atoms with Crippen molar-refractivity contribution in [3.8, 4) is 39.8 Å². The Hall–Kier alpha value is -8.32. The zero-order valence-corrected chi connectivity index (χ0v) is 35.2. The third-order valence-corrected chi connectivity index (χ3v) is 14.2.